The van der Waals surface area contributed by atoms with Crippen molar-refractivity contribution >= 4 is 15.9 Å². The smallest absolute Gasteiger partial charge is 0.175 e. The van der Waals surface area contributed by atoms with Crippen molar-refractivity contribution in [3.05, 3.63) is 22.2 Å². The van der Waals surface area contributed by atoms with Crippen molar-refractivity contribution in [1.29, 1.82) is 0 Å². The zero-order chi connectivity index (χ0) is 15.1. The van der Waals surface area contributed by atoms with Gasteiger partial charge in [-0.1, -0.05) is 45.4 Å². The molecular weight excluding hydrogens is 332 g/mol. The second kappa shape index (κ2) is 8.64. The molecule has 118 valence electrons. The van der Waals surface area contributed by atoms with Gasteiger partial charge in [0.25, 0.3) is 0 Å². The number of hydrogen-bond donors (Lipinski definition) is 1. The highest BCUT2D eigenvalue weighted by Crippen LogP contribution is 2.40. The van der Waals surface area contributed by atoms with E-state index in [9.17, 15) is 5.11 Å². The van der Waals surface area contributed by atoms with Crippen LogP contribution in [-0.4, -0.2) is 18.3 Å². The van der Waals surface area contributed by atoms with E-state index in [1.54, 1.807) is 0 Å². The summed E-state index contributed by atoms with van der Waals surface area (Å²) < 4.78 is 12.0. The number of halogens is 1. The highest BCUT2D eigenvalue weighted by molar-refractivity contribution is 9.10. The Balaban J connectivity index is 1.85. The Bertz CT molecular complexity index is 448. The van der Waals surface area contributed by atoms with E-state index in [1.165, 1.54) is 32.1 Å². The number of ether oxygens (including phenoxy) is 2. The maximum absolute atomic E-state index is 10.3. The number of aliphatic hydroxyl groups excluding tert-OH is 1. The van der Waals surface area contributed by atoms with Gasteiger partial charge in [0.05, 0.1) is 10.6 Å². The minimum atomic E-state index is -0.427. The molecule has 1 aromatic carbocycles. The number of unbranched alkanes of at least 4 members (excludes halogenated alkanes) is 5. The summed E-state index contributed by atoms with van der Waals surface area (Å²) in [4.78, 5) is 0. The van der Waals surface area contributed by atoms with Crippen LogP contribution in [0.1, 0.15) is 63.5 Å². The van der Waals surface area contributed by atoms with Crippen LogP contribution in [0, 0.1) is 0 Å². The van der Waals surface area contributed by atoms with Gasteiger partial charge in [-0.2, -0.15) is 0 Å². The molecule has 0 aliphatic carbocycles. The van der Waals surface area contributed by atoms with Gasteiger partial charge in [0.15, 0.2) is 11.5 Å². The average molecular weight is 357 g/mol. The quantitative estimate of drug-likeness (QED) is 0.665. The zero-order valence-electron chi connectivity index (χ0n) is 12.7. The first kappa shape index (κ1) is 16.6. The Morgan fingerprint density at radius 1 is 1.10 bits per heavy atom. The molecule has 0 saturated carbocycles. The molecule has 3 nitrogen and oxygen atoms in total. The van der Waals surface area contributed by atoms with Crippen LogP contribution in [0.4, 0.5) is 0 Å². The van der Waals surface area contributed by atoms with Gasteiger partial charge in [-0.05, 0) is 40.0 Å². The molecule has 21 heavy (non-hydrogen) atoms. The van der Waals surface area contributed by atoms with Gasteiger partial charge in [0.1, 0.15) is 13.2 Å². The third kappa shape index (κ3) is 4.89. The molecule has 1 aliphatic heterocycles. The predicted octanol–water partition coefficient (Wildman–Crippen LogP) is 5.00. The summed E-state index contributed by atoms with van der Waals surface area (Å²) in [6.07, 6.45) is 7.81. The van der Waals surface area contributed by atoms with E-state index in [1.807, 2.05) is 12.1 Å². The Labute approximate surface area is 135 Å². The standard InChI is InChI=1S/C17H25BrO3/c1-2-3-4-5-6-7-8-15(19)13-11-14(18)17-16(12-13)20-9-10-21-17/h11-12,15,19H,2-10H2,1H3. The van der Waals surface area contributed by atoms with Crippen molar-refractivity contribution in [2.75, 3.05) is 13.2 Å². The molecule has 1 unspecified atom stereocenters. The van der Waals surface area contributed by atoms with E-state index in [0.717, 1.165) is 34.4 Å². The maximum Gasteiger partial charge on any atom is 0.175 e. The predicted molar refractivity (Wildman–Crippen MR) is 88.1 cm³/mol. The Morgan fingerprint density at radius 2 is 1.81 bits per heavy atom. The fourth-order valence-corrected chi connectivity index (χ4v) is 3.18. The van der Waals surface area contributed by atoms with E-state index in [-0.39, 0.29) is 0 Å². The second-order valence-corrected chi connectivity index (χ2v) is 6.45. The summed E-state index contributed by atoms with van der Waals surface area (Å²) >= 11 is 3.50. The largest absolute Gasteiger partial charge is 0.486 e. The Hall–Kier alpha value is -0.740. The minimum Gasteiger partial charge on any atom is -0.486 e. The molecule has 0 radical (unpaired) electrons. The molecule has 0 spiro atoms. The summed E-state index contributed by atoms with van der Waals surface area (Å²) in [6.45, 7) is 3.37. The molecule has 1 aliphatic rings. The SMILES string of the molecule is CCCCCCCCC(O)c1cc(Br)c2c(c1)OCCO2. The highest BCUT2D eigenvalue weighted by Gasteiger charge is 2.19. The molecule has 2 rings (SSSR count). The van der Waals surface area contributed by atoms with Crippen LogP contribution in [0.5, 0.6) is 11.5 Å². The molecule has 0 bridgehead atoms. The second-order valence-electron chi connectivity index (χ2n) is 5.60. The fourth-order valence-electron chi connectivity index (χ4n) is 2.61. The lowest BCUT2D eigenvalue weighted by Gasteiger charge is -2.21. The molecule has 0 saturated heterocycles. The summed E-state index contributed by atoms with van der Waals surface area (Å²) in [5.41, 5.74) is 0.902. The van der Waals surface area contributed by atoms with Crippen LogP contribution in [0.2, 0.25) is 0 Å². The van der Waals surface area contributed by atoms with E-state index in [0.29, 0.717) is 13.2 Å². The van der Waals surface area contributed by atoms with Gasteiger partial charge in [0.2, 0.25) is 0 Å². The molecule has 0 amide bonds. The van der Waals surface area contributed by atoms with Gasteiger partial charge in [-0.25, -0.2) is 0 Å². The third-order valence-electron chi connectivity index (χ3n) is 3.84. The Morgan fingerprint density at radius 3 is 2.62 bits per heavy atom. The van der Waals surface area contributed by atoms with Crippen molar-refractivity contribution in [3.63, 3.8) is 0 Å². The number of fused-ring (bicyclic) bond motifs is 1. The first-order chi connectivity index (χ1) is 10.2. The third-order valence-corrected chi connectivity index (χ3v) is 4.42. The first-order valence-electron chi connectivity index (χ1n) is 7.99. The maximum atomic E-state index is 10.3. The van der Waals surface area contributed by atoms with Gasteiger partial charge < -0.3 is 14.6 Å². The van der Waals surface area contributed by atoms with E-state index < -0.39 is 6.10 Å². The van der Waals surface area contributed by atoms with Gasteiger partial charge >= 0.3 is 0 Å². The molecule has 0 fully saturated rings. The lowest BCUT2D eigenvalue weighted by atomic mass is 10.0. The highest BCUT2D eigenvalue weighted by atomic mass is 79.9. The lowest BCUT2D eigenvalue weighted by molar-refractivity contribution is 0.156. The van der Waals surface area contributed by atoms with Crippen LogP contribution in [0.25, 0.3) is 0 Å². The van der Waals surface area contributed by atoms with Crippen LogP contribution in [-0.2, 0) is 0 Å². The fraction of sp³-hybridized carbons (Fsp3) is 0.647. The summed E-state index contributed by atoms with van der Waals surface area (Å²) in [6, 6.07) is 3.84. The van der Waals surface area contributed by atoms with Crippen molar-refractivity contribution < 1.29 is 14.6 Å². The van der Waals surface area contributed by atoms with E-state index >= 15 is 0 Å². The van der Waals surface area contributed by atoms with Crippen LogP contribution in [0.15, 0.2) is 16.6 Å². The van der Waals surface area contributed by atoms with Crippen molar-refractivity contribution in [2.24, 2.45) is 0 Å². The van der Waals surface area contributed by atoms with Gasteiger partial charge in [-0.3, -0.25) is 0 Å². The Kier molecular flexibility index (Phi) is 6.84. The van der Waals surface area contributed by atoms with Crippen LogP contribution in [0.3, 0.4) is 0 Å². The molecule has 1 N–H and O–H groups in total. The molecule has 4 heteroatoms. The summed E-state index contributed by atoms with van der Waals surface area (Å²) in [5, 5.41) is 10.3. The van der Waals surface area contributed by atoms with Crippen molar-refractivity contribution in [1.82, 2.24) is 0 Å². The number of aliphatic hydroxyl groups is 1. The molecule has 1 aromatic rings. The van der Waals surface area contributed by atoms with Crippen molar-refractivity contribution in [3.8, 4) is 11.5 Å². The number of hydrogen-bond acceptors (Lipinski definition) is 3. The molecule has 0 aromatic heterocycles. The number of rotatable bonds is 8. The van der Waals surface area contributed by atoms with E-state index in [4.69, 9.17) is 9.47 Å². The van der Waals surface area contributed by atoms with E-state index in [2.05, 4.69) is 22.9 Å². The molecule has 1 heterocycles. The average Bonchev–Trinajstić information content (AvgIpc) is 2.50. The van der Waals surface area contributed by atoms with Gasteiger partial charge in [-0.15, -0.1) is 0 Å². The molecular formula is C17H25BrO3. The van der Waals surface area contributed by atoms with Gasteiger partial charge in [0, 0.05) is 0 Å². The topological polar surface area (TPSA) is 38.7 Å². The van der Waals surface area contributed by atoms with Crippen LogP contribution >= 0.6 is 15.9 Å². The molecule has 1 atom stereocenters. The summed E-state index contributed by atoms with van der Waals surface area (Å²) in [5.74, 6) is 1.48. The van der Waals surface area contributed by atoms with Crippen LogP contribution < -0.4 is 9.47 Å². The lowest BCUT2D eigenvalue weighted by Crippen LogP contribution is -2.16. The monoisotopic (exact) mass is 356 g/mol. The zero-order valence-corrected chi connectivity index (χ0v) is 14.3. The summed E-state index contributed by atoms with van der Waals surface area (Å²) in [7, 11) is 0. The first-order valence-corrected chi connectivity index (χ1v) is 8.78. The normalized spacial score (nSPS) is 15.0. The van der Waals surface area contributed by atoms with Crippen molar-refractivity contribution in [2.45, 2.75) is 58.0 Å². The minimum absolute atomic E-state index is 0.427. The number of benzene rings is 1.